The molecule has 1 atom stereocenters. The van der Waals surface area contributed by atoms with Gasteiger partial charge in [0.25, 0.3) is 0 Å². The van der Waals surface area contributed by atoms with Crippen molar-refractivity contribution in [2.75, 3.05) is 6.61 Å². The number of esters is 1. The third kappa shape index (κ3) is 3.74. The zero-order chi connectivity index (χ0) is 14.5. The predicted molar refractivity (Wildman–Crippen MR) is 62.0 cm³/mol. The number of carbonyl (C=O) groups excluding carboxylic acids is 1. The third-order valence-corrected chi connectivity index (χ3v) is 2.68. The minimum absolute atomic E-state index is 0.262. The highest BCUT2D eigenvalue weighted by Crippen LogP contribution is 2.31. The first-order valence-electron chi connectivity index (χ1n) is 6.00. The Kier molecular flexibility index (Phi) is 5.01. The standard InChI is InChI=1S/C13H15F3O3/c1-2-19-11(17)12(18,13(14,15)16)9-8-10-6-4-3-5-7-10/h6,18H,2-5,7H2,1H3. The van der Waals surface area contributed by atoms with Crippen LogP contribution < -0.4 is 0 Å². The molecule has 0 amide bonds. The maximum atomic E-state index is 12.8. The molecule has 1 rings (SSSR count). The molecule has 0 saturated carbocycles. The highest BCUT2D eigenvalue weighted by molar-refractivity contribution is 5.84. The molecule has 0 spiro atoms. The summed E-state index contributed by atoms with van der Waals surface area (Å²) in [6, 6.07) is 0. The van der Waals surface area contributed by atoms with E-state index in [9.17, 15) is 23.1 Å². The fourth-order valence-corrected chi connectivity index (χ4v) is 1.60. The molecule has 19 heavy (non-hydrogen) atoms. The first kappa shape index (κ1) is 15.6. The molecule has 1 aliphatic rings. The van der Waals surface area contributed by atoms with Crippen LogP contribution in [0, 0.1) is 11.8 Å². The van der Waals surface area contributed by atoms with Gasteiger partial charge in [-0.05, 0) is 44.1 Å². The molecule has 6 heteroatoms. The Morgan fingerprint density at radius 3 is 2.63 bits per heavy atom. The topological polar surface area (TPSA) is 46.5 Å². The molecule has 0 saturated heterocycles. The molecule has 0 aromatic rings. The molecule has 0 fully saturated rings. The molecule has 1 aliphatic carbocycles. The number of ether oxygens (including phenoxy) is 1. The fraction of sp³-hybridized carbons (Fsp3) is 0.615. The number of alkyl halides is 3. The second-order valence-electron chi connectivity index (χ2n) is 4.15. The Bertz CT molecular complexity index is 429. The molecule has 106 valence electrons. The van der Waals surface area contributed by atoms with Gasteiger partial charge in [0, 0.05) is 0 Å². The lowest BCUT2D eigenvalue weighted by atomic mass is 9.98. The van der Waals surface area contributed by atoms with Crippen molar-refractivity contribution in [1.82, 2.24) is 0 Å². The third-order valence-electron chi connectivity index (χ3n) is 2.68. The number of halogens is 3. The Morgan fingerprint density at radius 1 is 1.47 bits per heavy atom. The predicted octanol–water partition coefficient (Wildman–Crippen LogP) is 2.35. The van der Waals surface area contributed by atoms with Crippen molar-refractivity contribution in [3.63, 3.8) is 0 Å². The molecule has 3 nitrogen and oxygen atoms in total. The summed E-state index contributed by atoms with van der Waals surface area (Å²) in [7, 11) is 0. The number of aliphatic hydroxyl groups is 1. The molecule has 1 unspecified atom stereocenters. The lowest BCUT2D eigenvalue weighted by Gasteiger charge is -2.22. The maximum absolute atomic E-state index is 12.8. The van der Waals surface area contributed by atoms with Crippen LogP contribution in [0.2, 0.25) is 0 Å². The van der Waals surface area contributed by atoms with Gasteiger partial charge in [0.1, 0.15) is 0 Å². The number of carbonyl (C=O) groups is 1. The quantitative estimate of drug-likeness (QED) is 0.622. The Morgan fingerprint density at radius 2 is 2.16 bits per heavy atom. The highest BCUT2D eigenvalue weighted by atomic mass is 19.4. The zero-order valence-electron chi connectivity index (χ0n) is 10.5. The second kappa shape index (κ2) is 6.11. The van der Waals surface area contributed by atoms with Crippen LogP contribution in [0.1, 0.15) is 32.6 Å². The normalized spacial score (nSPS) is 18.7. The molecular formula is C13H15F3O3. The van der Waals surface area contributed by atoms with Gasteiger partial charge in [-0.1, -0.05) is 12.0 Å². The lowest BCUT2D eigenvalue weighted by Crippen LogP contribution is -2.52. The Balaban J connectivity index is 3.02. The summed E-state index contributed by atoms with van der Waals surface area (Å²) in [4.78, 5) is 11.3. The van der Waals surface area contributed by atoms with E-state index < -0.39 is 17.7 Å². The largest absolute Gasteiger partial charge is 0.463 e. The van der Waals surface area contributed by atoms with Crippen molar-refractivity contribution in [2.24, 2.45) is 0 Å². The van der Waals surface area contributed by atoms with Crippen molar-refractivity contribution in [2.45, 2.75) is 44.4 Å². The van der Waals surface area contributed by atoms with Gasteiger partial charge < -0.3 is 9.84 Å². The zero-order valence-corrected chi connectivity index (χ0v) is 10.5. The summed E-state index contributed by atoms with van der Waals surface area (Å²) in [6.07, 6.45) is -0.367. The average molecular weight is 276 g/mol. The van der Waals surface area contributed by atoms with Crippen LogP contribution in [0.15, 0.2) is 11.6 Å². The van der Waals surface area contributed by atoms with Crippen LogP contribution >= 0.6 is 0 Å². The molecule has 0 aromatic carbocycles. The van der Waals surface area contributed by atoms with Crippen LogP contribution in [0.3, 0.4) is 0 Å². The summed E-state index contributed by atoms with van der Waals surface area (Å²) in [5.41, 5.74) is -3.25. The maximum Gasteiger partial charge on any atom is 0.440 e. The van der Waals surface area contributed by atoms with Crippen molar-refractivity contribution in [3.8, 4) is 11.8 Å². The van der Waals surface area contributed by atoms with Gasteiger partial charge in [-0.25, -0.2) is 4.79 Å². The summed E-state index contributed by atoms with van der Waals surface area (Å²) in [6.45, 7) is 1.09. The molecule has 0 heterocycles. The van der Waals surface area contributed by atoms with Gasteiger partial charge >= 0.3 is 17.7 Å². The first-order valence-corrected chi connectivity index (χ1v) is 6.00. The van der Waals surface area contributed by atoms with Crippen LogP contribution in [0.25, 0.3) is 0 Å². The molecule has 0 radical (unpaired) electrons. The second-order valence-corrected chi connectivity index (χ2v) is 4.15. The summed E-state index contributed by atoms with van der Waals surface area (Å²) in [5, 5.41) is 9.48. The molecule has 0 bridgehead atoms. The van der Waals surface area contributed by atoms with E-state index in [4.69, 9.17) is 0 Å². The number of allylic oxidation sites excluding steroid dienone is 2. The number of hydrogen-bond donors (Lipinski definition) is 1. The van der Waals surface area contributed by atoms with E-state index in [2.05, 4.69) is 10.7 Å². The van der Waals surface area contributed by atoms with Gasteiger partial charge in [-0.3, -0.25) is 0 Å². The van der Waals surface area contributed by atoms with E-state index in [0.717, 1.165) is 19.3 Å². The van der Waals surface area contributed by atoms with E-state index in [0.29, 0.717) is 12.0 Å². The van der Waals surface area contributed by atoms with Gasteiger partial charge in [-0.15, -0.1) is 0 Å². The lowest BCUT2D eigenvalue weighted by molar-refractivity contribution is -0.242. The van der Waals surface area contributed by atoms with Gasteiger partial charge in [0.15, 0.2) is 0 Å². The summed E-state index contributed by atoms with van der Waals surface area (Å²) in [5.74, 6) is 2.09. The summed E-state index contributed by atoms with van der Waals surface area (Å²) >= 11 is 0. The van der Waals surface area contributed by atoms with Crippen molar-refractivity contribution in [3.05, 3.63) is 11.6 Å². The van der Waals surface area contributed by atoms with Crippen LogP contribution in [0.5, 0.6) is 0 Å². The fourth-order valence-electron chi connectivity index (χ4n) is 1.60. The number of hydrogen-bond acceptors (Lipinski definition) is 3. The van der Waals surface area contributed by atoms with E-state index in [-0.39, 0.29) is 6.61 Å². The van der Waals surface area contributed by atoms with Crippen molar-refractivity contribution in [1.29, 1.82) is 0 Å². The first-order chi connectivity index (χ1) is 8.81. The summed E-state index contributed by atoms with van der Waals surface area (Å²) < 4.78 is 42.5. The Labute approximate surface area is 109 Å². The van der Waals surface area contributed by atoms with Gasteiger partial charge in [-0.2, -0.15) is 13.2 Å². The monoisotopic (exact) mass is 276 g/mol. The van der Waals surface area contributed by atoms with Crippen molar-refractivity contribution < 1.29 is 27.8 Å². The molecule has 0 aromatic heterocycles. The van der Waals surface area contributed by atoms with Crippen LogP contribution in [0.4, 0.5) is 13.2 Å². The Hall–Kier alpha value is -1.48. The van der Waals surface area contributed by atoms with Crippen LogP contribution in [-0.2, 0) is 9.53 Å². The minimum Gasteiger partial charge on any atom is -0.463 e. The SMILES string of the molecule is CCOC(=O)C(O)(C#CC1=CCCCC1)C(F)(F)F. The number of rotatable bonds is 2. The van der Waals surface area contributed by atoms with E-state index >= 15 is 0 Å². The highest BCUT2D eigenvalue weighted by Gasteiger charge is 2.60. The molecule has 1 N–H and O–H groups in total. The van der Waals surface area contributed by atoms with E-state index in [1.807, 2.05) is 0 Å². The molecular weight excluding hydrogens is 261 g/mol. The van der Waals surface area contributed by atoms with Crippen molar-refractivity contribution >= 4 is 5.97 Å². The average Bonchev–Trinajstić information content (AvgIpc) is 2.36. The van der Waals surface area contributed by atoms with E-state index in [1.54, 1.807) is 12.0 Å². The minimum atomic E-state index is -5.19. The van der Waals surface area contributed by atoms with E-state index in [1.165, 1.54) is 6.92 Å². The smallest absolute Gasteiger partial charge is 0.440 e. The van der Waals surface area contributed by atoms with Gasteiger partial charge in [0.2, 0.25) is 0 Å². The van der Waals surface area contributed by atoms with Crippen LogP contribution in [-0.4, -0.2) is 29.5 Å². The molecule has 0 aliphatic heterocycles. The van der Waals surface area contributed by atoms with Gasteiger partial charge in [0.05, 0.1) is 6.61 Å².